The number of ether oxygens (including phenoxy) is 2. The van der Waals surface area contributed by atoms with Crippen LogP contribution in [0.15, 0.2) is 12.7 Å². The van der Waals surface area contributed by atoms with Gasteiger partial charge in [-0.1, -0.05) is 13.5 Å². The summed E-state index contributed by atoms with van der Waals surface area (Å²) < 4.78 is 11.7. The van der Waals surface area contributed by atoms with Gasteiger partial charge in [0, 0.05) is 31.9 Å². The van der Waals surface area contributed by atoms with Crippen LogP contribution in [0.4, 0.5) is 0 Å². The van der Waals surface area contributed by atoms with Crippen molar-refractivity contribution in [2.45, 2.75) is 69.2 Å². The summed E-state index contributed by atoms with van der Waals surface area (Å²) in [6.07, 6.45) is 5.65. The van der Waals surface area contributed by atoms with Gasteiger partial charge in [-0.05, 0) is 31.6 Å². The highest BCUT2D eigenvalue weighted by Crippen LogP contribution is 2.66. The first-order valence-corrected chi connectivity index (χ1v) is 7.48. The number of carbonyl (C=O) groups is 1. The number of aliphatic hydroxyl groups is 1. The zero-order chi connectivity index (χ0) is 14.6. The Morgan fingerprint density at radius 3 is 2.45 bits per heavy atom. The van der Waals surface area contributed by atoms with Gasteiger partial charge in [0.2, 0.25) is 0 Å². The van der Waals surface area contributed by atoms with Crippen LogP contribution in [0.1, 0.15) is 52.4 Å². The molecule has 4 heteroatoms. The Morgan fingerprint density at radius 2 is 1.85 bits per heavy atom. The molecule has 0 aromatic rings. The second-order valence-corrected chi connectivity index (χ2v) is 7.52. The highest BCUT2D eigenvalue weighted by molar-refractivity contribution is 5.81. The number of hydrogen-bond acceptors (Lipinski definition) is 4. The average molecular weight is 280 g/mol. The van der Waals surface area contributed by atoms with Gasteiger partial charge in [0.05, 0.1) is 11.2 Å². The van der Waals surface area contributed by atoms with Crippen molar-refractivity contribution in [1.82, 2.24) is 0 Å². The fourth-order valence-corrected chi connectivity index (χ4v) is 5.71. The first-order chi connectivity index (χ1) is 9.26. The molecular formula is C16H24O4. The van der Waals surface area contributed by atoms with E-state index in [-0.39, 0.29) is 11.0 Å². The molecule has 20 heavy (non-hydrogen) atoms. The average Bonchev–Trinajstić information content (AvgIpc) is 2.22. The normalized spacial score (nSPS) is 49.1. The summed E-state index contributed by atoms with van der Waals surface area (Å²) in [5.74, 6) is -0.397. The van der Waals surface area contributed by atoms with Crippen LogP contribution in [0.5, 0.6) is 0 Å². The third-order valence-corrected chi connectivity index (χ3v) is 5.13. The minimum absolute atomic E-state index is 0.0138. The molecule has 4 bridgehead atoms. The van der Waals surface area contributed by atoms with E-state index in [9.17, 15) is 9.90 Å². The molecule has 4 unspecified atom stereocenters. The van der Waals surface area contributed by atoms with E-state index >= 15 is 0 Å². The van der Waals surface area contributed by atoms with Crippen molar-refractivity contribution in [1.29, 1.82) is 0 Å². The van der Waals surface area contributed by atoms with Crippen molar-refractivity contribution in [3.8, 4) is 0 Å². The van der Waals surface area contributed by atoms with Gasteiger partial charge in [-0.25, -0.2) is 4.79 Å². The van der Waals surface area contributed by atoms with Crippen molar-refractivity contribution < 1.29 is 19.4 Å². The summed E-state index contributed by atoms with van der Waals surface area (Å²) in [5.41, 5.74) is -1.70. The Bertz CT molecular complexity index is 437. The summed E-state index contributed by atoms with van der Waals surface area (Å²) in [5, 5.41) is 10.9. The molecule has 4 saturated carbocycles. The van der Waals surface area contributed by atoms with Gasteiger partial charge in [-0.3, -0.25) is 0 Å². The first kappa shape index (κ1) is 14.1. The number of hydrogen-bond donors (Lipinski definition) is 1. The molecule has 0 aliphatic heterocycles. The topological polar surface area (TPSA) is 55.8 Å². The molecule has 0 aromatic heterocycles. The Labute approximate surface area is 120 Å². The third kappa shape index (κ3) is 2.09. The van der Waals surface area contributed by atoms with Crippen LogP contribution in [0, 0.1) is 5.41 Å². The fraction of sp³-hybridized carbons (Fsp3) is 0.812. The minimum Gasteiger partial charge on any atom is -0.456 e. The van der Waals surface area contributed by atoms with Crippen LogP contribution in [0.2, 0.25) is 0 Å². The third-order valence-electron chi connectivity index (χ3n) is 5.13. The van der Waals surface area contributed by atoms with E-state index < -0.39 is 17.2 Å². The maximum atomic E-state index is 11.7. The summed E-state index contributed by atoms with van der Waals surface area (Å²) in [7, 11) is 0. The van der Waals surface area contributed by atoms with Crippen LogP contribution >= 0.6 is 0 Å². The highest BCUT2D eigenvalue weighted by Gasteiger charge is 2.68. The van der Waals surface area contributed by atoms with Gasteiger partial charge in [0.15, 0.2) is 0 Å². The summed E-state index contributed by atoms with van der Waals surface area (Å²) in [6, 6.07) is 0. The van der Waals surface area contributed by atoms with E-state index in [4.69, 9.17) is 9.47 Å². The van der Waals surface area contributed by atoms with E-state index in [1.54, 1.807) is 0 Å². The van der Waals surface area contributed by atoms with E-state index in [0.717, 1.165) is 19.3 Å². The number of carbonyl (C=O) groups excluding carboxylic acids is 1. The molecule has 1 N–H and O–H groups in total. The zero-order valence-corrected chi connectivity index (χ0v) is 12.4. The van der Waals surface area contributed by atoms with E-state index in [0.29, 0.717) is 25.9 Å². The molecule has 0 heterocycles. The van der Waals surface area contributed by atoms with Crippen molar-refractivity contribution in [3.63, 3.8) is 0 Å². The molecule has 4 aliphatic rings. The summed E-state index contributed by atoms with van der Waals surface area (Å²) in [4.78, 5) is 11.7. The van der Waals surface area contributed by atoms with Crippen LogP contribution < -0.4 is 0 Å². The Hall–Kier alpha value is -0.870. The Kier molecular flexibility index (Phi) is 2.87. The van der Waals surface area contributed by atoms with Crippen molar-refractivity contribution in [3.05, 3.63) is 12.7 Å². The van der Waals surface area contributed by atoms with E-state index in [1.807, 2.05) is 6.92 Å². The van der Waals surface area contributed by atoms with Crippen molar-refractivity contribution in [2.75, 3.05) is 6.61 Å². The van der Waals surface area contributed by atoms with Crippen LogP contribution in [0.25, 0.3) is 0 Å². The minimum atomic E-state index is -0.764. The molecule has 0 spiro atoms. The molecule has 4 fully saturated rings. The molecule has 0 aromatic carbocycles. The van der Waals surface area contributed by atoms with Gasteiger partial charge in [0.1, 0.15) is 5.60 Å². The lowest BCUT2D eigenvalue weighted by atomic mass is 9.45. The van der Waals surface area contributed by atoms with Gasteiger partial charge in [0.25, 0.3) is 0 Å². The number of rotatable bonds is 4. The summed E-state index contributed by atoms with van der Waals surface area (Å²) in [6.45, 7) is 8.26. The Balaban J connectivity index is 1.97. The molecule has 4 nitrogen and oxygen atoms in total. The van der Waals surface area contributed by atoms with Crippen LogP contribution in [0.3, 0.4) is 0 Å². The predicted molar refractivity (Wildman–Crippen MR) is 74.1 cm³/mol. The Morgan fingerprint density at radius 1 is 1.20 bits per heavy atom. The van der Waals surface area contributed by atoms with Crippen molar-refractivity contribution >= 4 is 5.97 Å². The maximum absolute atomic E-state index is 11.7. The van der Waals surface area contributed by atoms with Gasteiger partial charge in [-0.15, -0.1) is 0 Å². The zero-order valence-electron chi connectivity index (χ0n) is 12.4. The standard InChI is InChI=1S/C16H24O4/c1-4-12(17)20-16-8-13(3)6-14(18,10-16)9-15(7-13,11-16)19-5-2/h4,18H,1,5-11H2,2-3H3. The molecule has 0 radical (unpaired) electrons. The predicted octanol–water partition coefficient (Wildman–Crippen LogP) is 2.35. The van der Waals surface area contributed by atoms with Crippen LogP contribution in [-0.2, 0) is 14.3 Å². The van der Waals surface area contributed by atoms with Gasteiger partial charge >= 0.3 is 5.97 Å². The second kappa shape index (κ2) is 4.08. The molecule has 0 amide bonds. The first-order valence-electron chi connectivity index (χ1n) is 7.48. The molecule has 4 aliphatic carbocycles. The quantitative estimate of drug-likeness (QED) is 0.634. The van der Waals surface area contributed by atoms with Crippen LogP contribution in [-0.4, -0.2) is 34.5 Å². The van der Waals surface area contributed by atoms with E-state index in [2.05, 4.69) is 13.5 Å². The second-order valence-electron chi connectivity index (χ2n) is 7.52. The van der Waals surface area contributed by atoms with Gasteiger partial charge < -0.3 is 14.6 Å². The maximum Gasteiger partial charge on any atom is 0.330 e. The molecule has 0 saturated heterocycles. The molecular weight excluding hydrogens is 256 g/mol. The largest absolute Gasteiger partial charge is 0.456 e. The SMILES string of the molecule is C=CC(=O)OC12CC3(C)CC(O)(CC(OCC)(C3)C1)C2. The van der Waals surface area contributed by atoms with E-state index in [1.165, 1.54) is 6.08 Å². The van der Waals surface area contributed by atoms with Crippen molar-refractivity contribution in [2.24, 2.45) is 5.41 Å². The molecule has 4 atom stereocenters. The smallest absolute Gasteiger partial charge is 0.330 e. The highest BCUT2D eigenvalue weighted by atomic mass is 16.6. The van der Waals surface area contributed by atoms with Gasteiger partial charge in [-0.2, -0.15) is 0 Å². The monoisotopic (exact) mass is 280 g/mol. The fourth-order valence-electron chi connectivity index (χ4n) is 5.71. The molecule has 112 valence electrons. The number of esters is 1. The lowest BCUT2D eigenvalue weighted by Crippen LogP contribution is -2.70. The molecule has 4 rings (SSSR count). The lowest BCUT2D eigenvalue weighted by molar-refractivity contribution is -0.291. The summed E-state index contributed by atoms with van der Waals surface area (Å²) >= 11 is 0. The lowest BCUT2D eigenvalue weighted by Gasteiger charge is -2.67.